The molecule has 6 heavy (non-hydrogen) atoms. The molecule has 0 bridgehead atoms. The molecule has 0 saturated heterocycles. The maximum atomic E-state index is 8.12. The molecule has 4 nitrogen and oxygen atoms in total. The zero-order valence-electron chi connectivity index (χ0n) is 3.72. The molecular weight excluding hydrogens is 88.0 g/mol. The SMILES string of the molecule is O.O=C=O.[C-]#[O+].[H+]. The van der Waals surface area contributed by atoms with E-state index in [1.54, 1.807) is 0 Å². The summed E-state index contributed by atoms with van der Waals surface area (Å²) in [6.45, 7) is 4.50. The van der Waals surface area contributed by atoms with E-state index in [1.165, 1.54) is 0 Å². The quantitative estimate of drug-likeness (QED) is 0.273. The average Bonchev–Trinajstić information content (AvgIpc) is 1.46. The summed E-state index contributed by atoms with van der Waals surface area (Å²) in [6.07, 6.45) is 0.250. The molecule has 0 aliphatic heterocycles. The van der Waals surface area contributed by atoms with Gasteiger partial charge in [0.25, 0.3) is 0 Å². The van der Waals surface area contributed by atoms with Crippen molar-refractivity contribution in [3.05, 3.63) is 6.65 Å². The normalized spacial score (nSPS) is 1.67. The topological polar surface area (TPSA) is 85.5 Å². The summed E-state index contributed by atoms with van der Waals surface area (Å²) in [4.78, 5) is 16.2. The van der Waals surface area contributed by atoms with E-state index in [0.29, 0.717) is 0 Å². The average molecular weight is 91.0 g/mol. The fraction of sp³-hybridized carbons (Fsp3) is 0. The second-order valence-electron chi connectivity index (χ2n) is 0.0833. The Balaban J connectivity index is -0.0000000105. The molecule has 34 valence electrons. The van der Waals surface area contributed by atoms with Gasteiger partial charge in [0.15, 0.2) is 0 Å². The van der Waals surface area contributed by atoms with Crippen LogP contribution in [0.25, 0.3) is 0 Å². The third-order valence-corrected chi connectivity index (χ3v) is 0. The largest absolute Gasteiger partial charge is 1.00 e. The van der Waals surface area contributed by atoms with Crippen LogP contribution in [0.15, 0.2) is 0 Å². The molecule has 0 heterocycles. The molecule has 0 rings (SSSR count). The Morgan fingerprint density at radius 3 is 1.50 bits per heavy atom. The van der Waals surface area contributed by atoms with Crippen LogP contribution in [0.2, 0.25) is 0 Å². The van der Waals surface area contributed by atoms with Crippen molar-refractivity contribution in [3.63, 3.8) is 0 Å². The summed E-state index contributed by atoms with van der Waals surface area (Å²) in [5, 5.41) is 0. The fourth-order valence-corrected chi connectivity index (χ4v) is 0. The van der Waals surface area contributed by atoms with Crippen molar-refractivity contribution >= 4 is 6.15 Å². The van der Waals surface area contributed by atoms with Crippen LogP contribution < -0.4 is 0 Å². The minimum absolute atomic E-state index is 0. The van der Waals surface area contributed by atoms with Crippen molar-refractivity contribution in [3.8, 4) is 0 Å². The molecule has 2 N–H and O–H groups in total. The van der Waals surface area contributed by atoms with Crippen molar-refractivity contribution < 1.29 is 21.1 Å². The maximum absolute atomic E-state index is 8.12. The molecule has 0 aliphatic carbocycles. The van der Waals surface area contributed by atoms with Crippen molar-refractivity contribution in [2.45, 2.75) is 0 Å². The summed E-state index contributed by atoms with van der Waals surface area (Å²) in [7, 11) is 0. The Labute approximate surface area is 35.3 Å². The van der Waals surface area contributed by atoms with Gasteiger partial charge >= 0.3 is 18.9 Å². The summed E-state index contributed by atoms with van der Waals surface area (Å²) >= 11 is 0. The molecule has 0 amide bonds. The second kappa shape index (κ2) is 6050. The van der Waals surface area contributed by atoms with Gasteiger partial charge in [-0.25, -0.2) is 0 Å². The van der Waals surface area contributed by atoms with Gasteiger partial charge in [0.2, 0.25) is 0 Å². The molecule has 0 saturated carbocycles. The molecule has 0 unspecified atom stereocenters. The first-order valence-corrected chi connectivity index (χ1v) is 0.612. The molecular formula is C2H3O4+. The summed E-state index contributed by atoms with van der Waals surface area (Å²) < 4.78 is 7.50. The Hall–Kier alpha value is -0.920. The van der Waals surface area contributed by atoms with Crippen molar-refractivity contribution in [2.24, 2.45) is 0 Å². The van der Waals surface area contributed by atoms with Crippen molar-refractivity contribution in [1.82, 2.24) is 0 Å². The Morgan fingerprint density at radius 1 is 1.50 bits per heavy atom. The molecule has 0 aromatic heterocycles. The van der Waals surface area contributed by atoms with E-state index in [9.17, 15) is 0 Å². The van der Waals surface area contributed by atoms with Gasteiger partial charge in [0.05, 0.1) is 0 Å². The molecule has 0 radical (unpaired) electrons. The van der Waals surface area contributed by atoms with E-state index >= 15 is 0 Å². The number of hydrogen-bond donors (Lipinski definition) is 0. The van der Waals surface area contributed by atoms with Crippen LogP contribution in [0.1, 0.15) is 1.43 Å². The molecule has 0 spiro atoms. The molecule has 0 aliphatic rings. The van der Waals surface area contributed by atoms with Crippen LogP contribution in [-0.2, 0) is 14.2 Å². The standard InChI is InChI=1S/CO2.CO.H2O/c2-1-3;1-2;/h;;1H2/p+1. The molecule has 0 aromatic rings. The smallest absolute Gasteiger partial charge is 1.00 e. The van der Waals surface area contributed by atoms with E-state index in [4.69, 9.17) is 14.2 Å². The van der Waals surface area contributed by atoms with E-state index in [0.717, 1.165) is 0 Å². The zero-order chi connectivity index (χ0) is 4.71. The first-order chi connectivity index (χ1) is 2.41. The van der Waals surface area contributed by atoms with Gasteiger partial charge in [0, 0.05) is 0 Å². The minimum Gasteiger partial charge on any atom is 1.00 e. The second-order valence-corrected chi connectivity index (χ2v) is 0.0833. The molecule has 4 heteroatoms. The van der Waals surface area contributed by atoms with Gasteiger partial charge in [-0.15, -0.1) is 0 Å². The van der Waals surface area contributed by atoms with E-state index in [1.807, 2.05) is 0 Å². The van der Waals surface area contributed by atoms with E-state index in [2.05, 4.69) is 6.65 Å². The molecule has 0 fully saturated rings. The molecule has 0 atom stereocenters. The van der Waals surface area contributed by atoms with Crippen molar-refractivity contribution in [2.75, 3.05) is 0 Å². The number of carbonyl (C=O) groups excluding carboxylic acids is 2. The first-order valence-electron chi connectivity index (χ1n) is 0.612. The minimum atomic E-state index is 0. The Kier molecular flexibility index (Phi) is 19700. The third-order valence-electron chi connectivity index (χ3n) is 0. The van der Waals surface area contributed by atoms with Crippen LogP contribution >= 0.6 is 0 Å². The first kappa shape index (κ1) is 19.5. The number of hydrogen-bond acceptors (Lipinski definition) is 2. The van der Waals surface area contributed by atoms with Gasteiger partial charge in [-0.3, -0.25) is 0 Å². The predicted molar refractivity (Wildman–Crippen MR) is 13.7 cm³/mol. The zero-order valence-corrected chi connectivity index (χ0v) is 2.72. The van der Waals surface area contributed by atoms with Crippen LogP contribution in [0.3, 0.4) is 0 Å². The van der Waals surface area contributed by atoms with Crippen LogP contribution in [-0.4, -0.2) is 11.6 Å². The number of rotatable bonds is 0. The Bertz CT molecular complexity index is 52.0. The summed E-state index contributed by atoms with van der Waals surface area (Å²) in [6, 6.07) is 0. The van der Waals surface area contributed by atoms with Gasteiger partial charge in [-0.2, -0.15) is 9.59 Å². The maximum Gasteiger partial charge on any atom is 1.00 e. The van der Waals surface area contributed by atoms with Crippen LogP contribution in [0.4, 0.5) is 0 Å². The van der Waals surface area contributed by atoms with E-state index in [-0.39, 0.29) is 13.1 Å². The fourth-order valence-electron chi connectivity index (χ4n) is 0. The van der Waals surface area contributed by atoms with Crippen molar-refractivity contribution in [1.29, 1.82) is 0 Å². The third kappa shape index (κ3) is 15.7. The molecule has 0 aromatic carbocycles. The van der Waals surface area contributed by atoms with Gasteiger partial charge < -0.3 is 5.48 Å². The van der Waals surface area contributed by atoms with Gasteiger partial charge in [-0.05, 0) is 0 Å². The monoisotopic (exact) mass is 91.0 g/mol. The van der Waals surface area contributed by atoms with Gasteiger partial charge in [0.1, 0.15) is 0 Å². The van der Waals surface area contributed by atoms with Gasteiger partial charge in [-0.1, -0.05) is 0 Å². The predicted octanol–water partition coefficient (Wildman–Crippen LogP) is -1.33. The van der Waals surface area contributed by atoms with E-state index < -0.39 is 0 Å². The summed E-state index contributed by atoms with van der Waals surface area (Å²) in [5.41, 5.74) is 0. The van der Waals surface area contributed by atoms with Crippen LogP contribution in [0, 0.1) is 6.65 Å². The van der Waals surface area contributed by atoms with Crippen LogP contribution in [0.5, 0.6) is 0 Å². The summed E-state index contributed by atoms with van der Waals surface area (Å²) in [5.74, 6) is 0. The Morgan fingerprint density at radius 2 is 1.50 bits per heavy atom.